The van der Waals surface area contributed by atoms with E-state index >= 15 is 0 Å². The monoisotopic (exact) mass is 576 g/mol. The second-order valence-electron chi connectivity index (χ2n) is 1.29. The third-order valence-corrected chi connectivity index (χ3v) is 0.732. The van der Waals surface area contributed by atoms with Crippen LogP contribution in [0.25, 0.3) is 0 Å². The molecule has 8 radical (unpaired) electrons. The van der Waals surface area contributed by atoms with Gasteiger partial charge >= 0.3 is 23.9 Å². The van der Waals surface area contributed by atoms with Gasteiger partial charge in [-0.3, -0.25) is 14.4 Å². The van der Waals surface area contributed by atoms with Gasteiger partial charge < -0.3 is 0 Å². The number of halogens is 3. The number of rotatable bonds is 0. The van der Waals surface area contributed by atoms with Gasteiger partial charge in [-0.2, -0.15) is 0 Å². The van der Waals surface area contributed by atoms with Crippen molar-refractivity contribution in [3.63, 3.8) is 0 Å². The molecule has 0 saturated heterocycles. The molecule has 0 aromatic heterocycles. The summed E-state index contributed by atoms with van der Waals surface area (Å²) in [6, 6.07) is 0. The molecule has 96 valence electrons. The Balaban J connectivity index is -0.0000000112. The molecule has 8 heteroatoms. The van der Waals surface area contributed by atoms with Crippen molar-refractivity contribution in [3.8, 4) is 0 Å². The van der Waals surface area contributed by atoms with Crippen LogP contribution in [0.15, 0.2) is 36.5 Å². The largest absolute Gasteiger partial charge is 0 e. The van der Waals surface area contributed by atoms with E-state index in [1.807, 2.05) is 24.3 Å². The van der Waals surface area contributed by atoms with Gasteiger partial charge in [0.2, 0.25) is 0 Å². The van der Waals surface area contributed by atoms with Crippen molar-refractivity contribution >= 4 is 81.5 Å². The number of hydrogen-bond donors (Lipinski definition) is 0. The van der Waals surface area contributed by atoms with Crippen LogP contribution >= 0.6 is 37.2 Å². The van der Waals surface area contributed by atoms with Crippen molar-refractivity contribution in [3.05, 3.63) is 36.5 Å². The maximum absolute atomic E-state index is 7.50. The summed E-state index contributed by atoms with van der Waals surface area (Å²) >= 11 is 0. The van der Waals surface area contributed by atoms with Crippen LogP contribution in [0.4, 0.5) is 0 Å². The Bertz CT molecular complexity index is 162. The van der Waals surface area contributed by atoms with Gasteiger partial charge in [0.25, 0.3) is 20.4 Å². The third-order valence-electron chi connectivity index (χ3n) is 0.732. The molecule has 1 rings (SSSR count). The van der Waals surface area contributed by atoms with E-state index < -0.39 is 0 Å². The molecule has 0 heterocycles. The molecule has 0 N–H and O–H groups in total. The van der Waals surface area contributed by atoms with Crippen molar-refractivity contribution in [2.24, 2.45) is 0 Å². The van der Waals surface area contributed by atoms with E-state index in [4.69, 9.17) is 14.4 Å². The topological polar surface area (TPSA) is 51.2 Å². The Kier molecular flexibility index (Phi) is 217. The van der Waals surface area contributed by atoms with Crippen LogP contribution in [0.3, 0.4) is 0 Å². The Morgan fingerprint density at radius 2 is 0.941 bits per heavy atom. The molecule has 0 aromatic rings. The van der Waals surface area contributed by atoms with E-state index in [9.17, 15) is 0 Å². The second kappa shape index (κ2) is 70.0. The summed E-state index contributed by atoms with van der Waals surface area (Å²) in [6.07, 6.45) is 7.89. The maximum atomic E-state index is 7.50. The summed E-state index contributed by atoms with van der Waals surface area (Å²) < 4.78 is 0. The van der Waals surface area contributed by atoms with Gasteiger partial charge in [-0.15, -0.1) is 37.2 Å². The van der Waals surface area contributed by atoms with Crippen LogP contribution in [-0.4, -0.2) is 44.3 Å². The second-order valence-corrected chi connectivity index (χ2v) is 1.29. The minimum Gasteiger partial charge on any atom is 0 e. The molecule has 0 aliphatic heterocycles. The summed E-state index contributed by atoms with van der Waals surface area (Å²) in [5.74, 6) is 0. The molecular weight excluding hydrogens is 565 g/mol. The minimum atomic E-state index is 0. The van der Waals surface area contributed by atoms with Crippen molar-refractivity contribution in [1.82, 2.24) is 0 Å². The van der Waals surface area contributed by atoms with E-state index in [1.54, 1.807) is 0 Å². The van der Waals surface area contributed by atoms with E-state index in [0.29, 0.717) is 0 Å². The smallest absolute Gasteiger partial charge is 0 e. The zero-order valence-electron chi connectivity index (χ0n) is 8.58. The van der Waals surface area contributed by atoms with E-state index in [0.717, 1.165) is 5.57 Å². The number of carbonyl (C=O) groups excluding carboxylic acids is 3. The summed E-state index contributed by atoms with van der Waals surface area (Å²) in [5.41, 5.74) is 1.09. The Hall–Kier alpha value is 0.587. The number of hydrogen-bond acceptors (Lipinski definition) is 3. The molecule has 0 spiro atoms. The van der Waals surface area contributed by atoms with Crippen LogP contribution in [0.5, 0.6) is 0 Å². The maximum Gasteiger partial charge on any atom is 0 e. The van der Waals surface area contributed by atoms with Crippen LogP contribution < -0.4 is 0 Å². The van der Waals surface area contributed by atoms with Crippen molar-refractivity contribution in [2.75, 3.05) is 0 Å². The van der Waals surface area contributed by atoms with Crippen LogP contribution in [0, 0.1) is 0 Å². The Morgan fingerprint density at radius 1 is 0.765 bits per heavy atom. The summed E-state index contributed by atoms with van der Waals surface area (Å²) in [6.45, 7) is 17.2. The van der Waals surface area contributed by atoms with Crippen molar-refractivity contribution in [1.29, 1.82) is 0 Å². The molecule has 0 fully saturated rings. The van der Waals surface area contributed by atoms with Crippen molar-refractivity contribution in [2.45, 2.75) is 0 Å². The zero-order valence-corrected chi connectivity index (χ0v) is 18.0. The third kappa shape index (κ3) is 61.3. The zero-order chi connectivity index (χ0) is 10.4. The predicted octanol–water partition coefficient (Wildman–Crippen LogP) is 0.824. The Morgan fingerprint density at radius 3 is 1.00 bits per heavy atom. The first kappa shape index (κ1) is 52.6. The fourth-order valence-electron chi connectivity index (χ4n) is 0.414. The minimum absolute atomic E-state index is 0. The summed E-state index contributed by atoms with van der Waals surface area (Å²) in [4.78, 5) is 22.5. The van der Waals surface area contributed by atoms with Crippen LogP contribution in [-0.2, 0) is 35.4 Å². The molecule has 1 aliphatic carbocycles. The quantitative estimate of drug-likeness (QED) is 0.402. The van der Waals surface area contributed by atoms with E-state index in [1.165, 1.54) is 0 Å². The average molecular weight is 576 g/mol. The predicted molar refractivity (Wildman–Crippen MR) is 74.8 cm³/mol. The normalized spacial score (nSPS) is 6.71. The van der Waals surface area contributed by atoms with Crippen LogP contribution in [0.2, 0.25) is 0 Å². The molecule has 3 nitrogen and oxygen atoms in total. The van der Waals surface area contributed by atoms with Gasteiger partial charge in [0.05, 0.1) is 0 Å². The SMILES string of the molecule is C=C1C=CC=C1.Cl.Cl.Cl.[C]=O.[C]=O.[C]=O.[SnH2].[W]. The van der Waals surface area contributed by atoms with Gasteiger partial charge in [-0.05, 0) is 5.57 Å². The standard InChI is InChI=1S/C6H6.3CO.3ClH.Sn.W.2H/c1-6-4-2-3-5-6;3*1-2;;;;;;;/h2-5H,1H2;;;;3*1H;;;;. The molecule has 0 atom stereocenters. The van der Waals surface area contributed by atoms with Gasteiger partial charge in [0, 0.05) is 21.1 Å². The first-order chi connectivity index (χ1) is 5.89. The molecule has 17 heavy (non-hydrogen) atoms. The summed E-state index contributed by atoms with van der Waals surface area (Å²) in [5, 5.41) is 0. The van der Waals surface area contributed by atoms with E-state index in [2.05, 4.69) is 26.9 Å². The molecule has 0 bridgehead atoms. The fourth-order valence-corrected chi connectivity index (χ4v) is 0.414. The van der Waals surface area contributed by atoms with Gasteiger partial charge in [0.1, 0.15) is 0 Å². The molecule has 0 unspecified atom stereocenters. The van der Waals surface area contributed by atoms with E-state index in [-0.39, 0.29) is 82.2 Å². The summed E-state index contributed by atoms with van der Waals surface area (Å²) in [7, 11) is 0. The molecule has 0 saturated carbocycles. The fraction of sp³-hybridized carbons (Fsp3) is 0. The molecule has 0 aromatic carbocycles. The van der Waals surface area contributed by atoms with Crippen molar-refractivity contribution < 1.29 is 35.4 Å². The number of allylic oxidation sites excluding steroid dienone is 5. The van der Waals surface area contributed by atoms with Gasteiger partial charge in [-0.25, -0.2) is 0 Å². The van der Waals surface area contributed by atoms with Gasteiger partial charge in [0.15, 0.2) is 0 Å². The molecule has 1 aliphatic rings. The first-order valence-electron chi connectivity index (χ1n) is 2.54. The first-order valence-corrected chi connectivity index (χ1v) is 2.54. The Labute approximate surface area is 152 Å². The molecule has 0 amide bonds. The average Bonchev–Trinajstić information content (AvgIpc) is 2.66. The van der Waals surface area contributed by atoms with Gasteiger partial charge in [-0.1, -0.05) is 30.9 Å². The molecular formula is C9H11Cl3O3SnW. The van der Waals surface area contributed by atoms with Crippen LogP contribution in [0.1, 0.15) is 0 Å².